The van der Waals surface area contributed by atoms with E-state index in [9.17, 15) is 18.0 Å². The van der Waals surface area contributed by atoms with Gasteiger partial charge in [0.15, 0.2) is 0 Å². The molecule has 0 heterocycles. The number of primary amides is 1. The lowest BCUT2D eigenvalue weighted by Crippen LogP contribution is -2.26. The number of amides is 1. The fraction of sp³-hybridized carbons (Fsp3) is 0.130. The smallest absolute Gasteiger partial charge is 0.339 e. The van der Waals surface area contributed by atoms with Gasteiger partial charge in [-0.3, -0.25) is 4.79 Å². The number of benzene rings is 3. The van der Waals surface area contributed by atoms with Crippen LogP contribution in [0.2, 0.25) is 0 Å². The van der Waals surface area contributed by atoms with E-state index in [1.54, 1.807) is 50.2 Å². The normalized spacial score (nSPS) is 12.1. The molecule has 160 valence electrons. The van der Waals surface area contributed by atoms with Gasteiger partial charge in [0.2, 0.25) is 6.10 Å². The van der Waals surface area contributed by atoms with E-state index in [1.165, 1.54) is 30.3 Å². The SMILES string of the molecule is Cc1ccc(C)c(S(=O)(=O)Oc2ccc(C(=O)OC(C(N)=O)c3ccccc3)cc2)c1. The number of rotatable bonds is 7. The van der Waals surface area contributed by atoms with E-state index in [0.29, 0.717) is 11.1 Å². The Bertz CT molecular complexity index is 1200. The van der Waals surface area contributed by atoms with Crippen molar-refractivity contribution in [3.05, 3.63) is 95.1 Å². The first kappa shape index (κ1) is 22.0. The maximum absolute atomic E-state index is 12.6. The minimum absolute atomic E-state index is 0.0342. The van der Waals surface area contributed by atoms with Crippen LogP contribution < -0.4 is 9.92 Å². The van der Waals surface area contributed by atoms with Gasteiger partial charge in [0.25, 0.3) is 5.91 Å². The standard InChI is InChI=1S/C23H21NO6S/c1-15-8-9-16(2)20(14-15)31(27,28)30-19-12-10-18(11-13-19)23(26)29-21(22(24)25)17-6-4-3-5-7-17/h3-14,21H,1-2H3,(H2,24,25). The Hall–Kier alpha value is -3.65. The summed E-state index contributed by atoms with van der Waals surface area (Å²) in [5.41, 5.74) is 7.27. The van der Waals surface area contributed by atoms with Crippen molar-refractivity contribution in [2.45, 2.75) is 24.8 Å². The fourth-order valence-electron chi connectivity index (χ4n) is 2.89. The first-order valence-electron chi connectivity index (χ1n) is 9.34. The lowest BCUT2D eigenvalue weighted by atomic mass is 10.1. The number of ether oxygens (including phenoxy) is 1. The van der Waals surface area contributed by atoms with Crippen LogP contribution in [0.4, 0.5) is 0 Å². The average molecular weight is 439 g/mol. The van der Waals surface area contributed by atoms with E-state index >= 15 is 0 Å². The molecule has 0 saturated carbocycles. The van der Waals surface area contributed by atoms with Gasteiger partial charge in [-0.15, -0.1) is 0 Å². The van der Waals surface area contributed by atoms with Crippen LogP contribution in [-0.2, 0) is 19.6 Å². The third-order valence-electron chi connectivity index (χ3n) is 4.49. The first-order valence-corrected chi connectivity index (χ1v) is 10.8. The van der Waals surface area contributed by atoms with Gasteiger partial charge in [-0.2, -0.15) is 8.42 Å². The van der Waals surface area contributed by atoms with Gasteiger partial charge in [-0.25, -0.2) is 4.79 Å². The highest BCUT2D eigenvalue weighted by Crippen LogP contribution is 2.24. The molecule has 1 unspecified atom stereocenters. The van der Waals surface area contributed by atoms with Crippen LogP contribution in [0.1, 0.15) is 33.2 Å². The molecular formula is C23H21NO6S. The molecule has 0 spiro atoms. The molecule has 3 aromatic rings. The first-order chi connectivity index (χ1) is 14.7. The van der Waals surface area contributed by atoms with Crippen molar-refractivity contribution in [1.82, 2.24) is 0 Å². The van der Waals surface area contributed by atoms with Gasteiger partial charge in [0, 0.05) is 5.56 Å². The highest BCUT2D eigenvalue weighted by atomic mass is 32.2. The highest BCUT2D eigenvalue weighted by molar-refractivity contribution is 7.87. The summed E-state index contributed by atoms with van der Waals surface area (Å²) >= 11 is 0. The Kier molecular flexibility index (Phi) is 6.41. The van der Waals surface area contributed by atoms with Crippen LogP contribution >= 0.6 is 0 Å². The molecule has 3 rings (SSSR count). The number of carbonyl (C=O) groups is 2. The summed E-state index contributed by atoms with van der Waals surface area (Å²) in [6.45, 7) is 3.46. The van der Waals surface area contributed by atoms with E-state index in [0.717, 1.165) is 5.56 Å². The summed E-state index contributed by atoms with van der Waals surface area (Å²) in [6.07, 6.45) is -1.24. The Morgan fingerprint density at radius 2 is 1.55 bits per heavy atom. The van der Waals surface area contributed by atoms with Crippen molar-refractivity contribution < 1.29 is 26.9 Å². The largest absolute Gasteiger partial charge is 0.444 e. The Morgan fingerprint density at radius 3 is 2.16 bits per heavy atom. The number of esters is 1. The van der Waals surface area contributed by atoms with Gasteiger partial charge in [0.1, 0.15) is 10.6 Å². The molecule has 0 aliphatic rings. The van der Waals surface area contributed by atoms with E-state index in [2.05, 4.69) is 0 Å². The number of hydrogen-bond acceptors (Lipinski definition) is 6. The molecular weight excluding hydrogens is 418 g/mol. The zero-order valence-corrected chi connectivity index (χ0v) is 17.8. The molecule has 3 aromatic carbocycles. The van der Waals surface area contributed by atoms with Crippen molar-refractivity contribution in [3.63, 3.8) is 0 Å². The Morgan fingerprint density at radius 1 is 0.903 bits per heavy atom. The summed E-state index contributed by atoms with van der Waals surface area (Å²) in [5, 5.41) is 0. The maximum atomic E-state index is 12.6. The lowest BCUT2D eigenvalue weighted by molar-refractivity contribution is -0.127. The molecule has 0 radical (unpaired) electrons. The molecule has 0 aliphatic heterocycles. The van der Waals surface area contributed by atoms with Crippen molar-refractivity contribution in [2.75, 3.05) is 0 Å². The Labute approximate surface area is 180 Å². The number of hydrogen-bond donors (Lipinski definition) is 1. The molecule has 1 atom stereocenters. The molecule has 0 aliphatic carbocycles. The molecule has 2 N–H and O–H groups in total. The quantitative estimate of drug-likeness (QED) is 0.446. The van der Waals surface area contributed by atoms with Crippen molar-refractivity contribution in [1.29, 1.82) is 0 Å². The predicted molar refractivity (Wildman–Crippen MR) is 114 cm³/mol. The predicted octanol–water partition coefficient (Wildman–Crippen LogP) is 3.45. The minimum Gasteiger partial charge on any atom is -0.444 e. The third kappa shape index (κ3) is 5.29. The summed E-state index contributed by atoms with van der Waals surface area (Å²) in [5.74, 6) is -1.55. The molecule has 0 bridgehead atoms. The molecule has 0 saturated heterocycles. The van der Waals surface area contributed by atoms with E-state index in [1.807, 2.05) is 6.07 Å². The molecule has 0 aromatic heterocycles. The molecule has 8 heteroatoms. The third-order valence-corrected chi connectivity index (χ3v) is 5.88. The summed E-state index contributed by atoms with van der Waals surface area (Å²) in [4.78, 5) is 24.2. The van der Waals surface area contributed by atoms with Crippen molar-refractivity contribution in [3.8, 4) is 5.75 Å². The average Bonchev–Trinajstić information content (AvgIpc) is 2.74. The maximum Gasteiger partial charge on any atom is 0.339 e. The summed E-state index contributed by atoms with van der Waals surface area (Å²) < 4.78 is 35.7. The fourth-order valence-corrected chi connectivity index (χ4v) is 4.13. The van der Waals surface area contributed by atoms with Crippen LogP contribution in [0.3, 0.4) is 0 Å². The van der Waals surface area contributed by atoms with Gasteiger partial charge in [0.05, 0.1) is 5.56 Å². The second-order valence-electron chi connectivity index (χ2n) is 6.93. The second-order valence-corrected chi connectivity index (χ2v) is 8.44. The van der Waals surface area contributed by atoms with Crippen molar-refractivity contribution in [2.24, 2.45) is 5.73 Å². The zero-order valence-electron chi connectivity index (χ0n) is 16.9. The summed E-state index contributed by atoms with van der Waals surface area (Å²) in [6, 6.07) is 18.8. The van der Waals surface area contributed by atoms with E-state index in [-0.39, 0.29) is 16.2 Å². The molecule has 31 heavy (non-hydrogen) atoms. The van der Waals surface area contributed by atoms with Crippen LogP contribution in [0.5, 0.6) is 5.75 Å². The number of nitrogens with two attached hydrogens (primary N) is 1. The van der Waals surface area contributed by atoms with Gasteiger partial charge >= 0.3 is 16.1 Å². The number of aryl methyl sites for hydroxylation is 2. The molecule has 7 nitrogen and oxygen atoms in total. The van der Waals surface area contributed by atoms with Crippen molar-refractivity contribution >= 4 is 22.0 Å². The van der Waals surface area contributed by atoms with Crippen LogP contribution in [0.25, 0.3) is 0 Å². The topological polar surface area (TPSA) is 113 Å². The van der Waals surface area contributed by atoms with Crippen LogP contribution in [0.15, 0.2) is 77.7 Å². The molecule has 0 fully saturated rings. The minimum atomic E-state index is -4.04. The summed E-state index contributed by atoms with van der Waals surface area (Å²) in [7, 11) is -4.04. The van der Waals surface area contributed by atoms with Gasteiger partial charge in [-0.05, 0) is 55.3 Å². The monoisotopic (exact) mass is 439 g/mol. The van der Waals surface area contributed by atoms with E-state index < -0.39 is 28.1 Å². The van der Waals surface area contributed by atoms with Crippen LogP contribution in [-0.4, -0.2) is 20.3 Å². The highest BCUT2D eigenvalue weighted by Gasteiger charge is 2.24. The Balaban J connectivity index is 1.76. The number of carbonyl (C=O) groups excluding carboxylic acids is 2. The van der Waals surface area contributed by atoms with E-state index in [4.69, 9.17) is 14.7 Å². The lowest BCUT2D eigenvalue weighted by Gasteiger charge is -2.15. The van der Waals surface area contributed by atoms with Gasteiger partial charge < -0.3 is 14.7 Å². The zero-order chi connectivity index (χ0) is 22.6. The second kappa shape index (κ2) is 9.01. The molecule has 1 amide bonds. The van der Waals surface area contributed by atoms with Crippen LogP contribution in [0, 0.1) is 13.8 Å². The van der Waals surface area contributed by atoms with Gasteiger partial charge in [-0.1, -0.05) is 42.5 Å².